The third-order valence-corrected chi connectivity index (χ3v) is 6.22. The Bertz CT molecular complexity index is 899. The predicted octanol–water partition coefficient (Wildman–Crippen LogP) is 3.72. The highest BCUT2D eigenvalue weighted by Gasteiger charge is 2.14. The smallest absolute Gasteiger partial charge is 0.260 e. The molecule has 0 spiro atoms. The van der Waals surface area contributed by atoms with Gasteiger partial charge < -0.3 is 10.3 Å². The molecule has 2 N–H and O–H groups in total. The Balaban J connectivity index is 1.80. The van der Waals surface area contributed by atoms with Crippen molar-refractivity contribution in [2.24, 2.45) is 0 Å². The van der Waals surface area contributed by atoms with Gasteiger partial charge in [-0.1, -0.05) is 24.8 Å². The highest BCUT2D eigenvalue weighted by Crippen LogP contribution is 2.33. The second-order valence-corrected chi connectivity index (χ2v) is 8.11. The first-order valence-corrected chi connectivity index (χ1v) is 10.3. The zero-order chi connectivity index (χ0) is 17.1. The Hall–Kier alpha value is -1.64. The summed E-state index contributed by atoms with van der Waals surface area (Å²) in [6, 6.07) is 4.11. The lowest BCUT2D eigenvalue weighted by Crippen LogP contribution is -2.33. The Kier molecular flexibility index (Phi) is 5.37. The van der Waals surface area contributed by atoms with Crippen molar-refractivity contribution >= 4 is 50.6 Å². The molecule has 0 unspecified atom stereocenters. The molecule has 126 valence electrons. The first-order chi connectivity index (χ1) is 11.6. The summed E-state index contributed by atoms with van der Waals surface area (Å²) >= 11 is 4.30. The third kappa shape index (κ3) is 3.71. The molecule has 3 aromatic rings. The van der Waals surface area contributed by atoms with E-state index in [1.165, 1.54) is 23.1 Å². The Morgan fingerprint density at radius 2 is 2.29 bits per heavy atom. The van der Waals surface area contributed by atoms with Crippen LogP contribution >= 0.6 is 34.4 Å². The van der Waals surface area contributed by atoms with Crippen LogP contribution < -0.4 is 10.9 Å². The molecule has 0 aliphatic carbocycles. The normalized spacial score (nSPS) is 12.4. The van der Waals surface area contributed by atoms with Crippen molar-refractivity contribution in [2.75, 3.05) is 5.75 Å². The SMILES string of the molecule is CC[C@H](C)NC(=O)CSc1nc2scc(-c3cccs3)c2c(=O)[nH]1. The largest absolute Gasteiger partial charge is 0.353 e. The van der Waals surface area contributed by atoms with Crippen LogP contribution in [0.4, 0.5) is 0 Å². The first-order valence-electron chi connectivity index (χ1n) is 7.56. The van der Waals surface area contributed by atoms with Crippen molar-refractivity contribution in [1.82, 2.24) is 15.3 Å². The van der Waals surface area contributed by atoms with E-state index >= 15 is 0 Å². The highest BCUT2D eigenvalue weighted by atomic mass is 32.2. The molecule has 0 fully saturated rings. The fourth-order valence-electron chi connectivity index (χ4n) is 2.16. The van der Waals surface area contributed by atoms with Gasteiger partial charge in [-0.3, -0.25) is 9.59 Å². The van der Waals surface area contributed by atoms with Crippen molar-refractivity contribution in [1.29, 1.82) is 0 Å². The van der Waals surface area contributed by atoms with Crippen molar-refractivity contribution in [3.05, 3.63) is 33.2 Å². The lowest BCUT2D eigenvalue weighted by molar-refractivity contribution is -0.119. The van der Waals surface area contributed by atoms with Crippen LogP contribution in [-0.2, 0) is 4.79 Å². The second kappa shape index (κ2) is 7.50. The number of aromatic nitrogens is 2. The minimum Gasteiger partial charge on any atom is -0.353 e. The molecule has 3 aromatic heterocycles. The van der Waals surface area contributed by atoms with Gasteiger partial charge in [0.15, 0.2) is 5.16 Å². The molecule has 8 heteroatoms. The van der Waals surface area contributed by atoms with Gasteiger partial charge in [-0.15, -0.1) is 22.7 Å². The van der Waals surface area contributed by atoms with Gasteiger partial charge in [0.2, 0.25) is 5.91 Å². The zero-order valence-corrected chi connectivity index (χ0v) is 15.7. The standard InChI is InChI=1S/C16H17N3O2S3/c1-3-9(2)17-12(20)8-24-16-18-14(21)13-10(7-23-15(13)19-16)11-5-4-6-22-11/h4-7,9H,3,8H2,1-2H3,(H,17,20)(H,18,19,21)/t9-/m0/s1. The second-order valence-electron chi connectivity index (χ2n) is 5.34. The minimum absolute atomic E-state index is 0.0532. The number of hydrogen-bond acceptors (Lipinski definition) is 6. The number of thioether (sulfide) groups is 1. The Morgan fingerprint density at radius 1 is 1.46 bits per heavy atom. The summed E-state index contributed by atoms with van der Waals surface area (Å²) in [6.45, 7) is 3.99. The number of hydrogen-bond donors (Lipinski definition) is 2. The number of amides is 1. The van der Waals surface area contributed by atoms with Gasteiger partial charge in [0.25, 0.3) is 5.56 Å². The number of nitrogens with one attached hydrogen (secondary N) is 2. The summed E-state index contributed by atoms with van der Waals surface area (Å²) < 4.78 is 0. The van der Waals surface area contributed by atoms with E-state index in [0.717, 1.165) is 16.9 Å². The number of H-pyrrole nitrogens is 1. The monoisotopic (exact) mass is 379 g/mol. The Labute approximate surface area is 151 Å². The van der Waals surface area contributed by atoms with Gasteiger partial charge >= 0.3 is 0 Å². The fraction of sp³-hybridized carbons (Fsp3) is 0.312. The maximum Gasteiger partial charge on any atom is 0.260 e. The molecule has 0 bridgehead atoms. The van der Waals surface area contributed by atoms with E-state index < -0.39 is 0 Å². The van der Waals surface area contributed by atoms with Crippen molar-refractivity contribution in [3.63, 3.8) is 0 Å². The molecule has 3 rings (SSSR count). The van der Waals surface area contributed by atoms with Crippen LogP contribution in [-0.4, -0.2) is 27.7 Å². The van der Waals surface area contributed by atoms with E-state index in [-0.39, 0.29) is 23.3 Å². The molecule has 1 atom stereocenters. The molecule has 0 aromatic carbocycles. The van der Waals surface area contributed by atoms with Crippen LogP contribution in [0.3, 0.4) is 0 Å². The zero-order valence-electron chi connectivity index (χ0n) is 13.3. The fourth-order valence-corrected chi connectivity index (χ4v) is 4.66. The van der Waals surface area contributed by atoms with Gasteiger partial charge in [-0.05, 0) is 24.8 Å². The number of carbonyl (C=O) groups is 1. The molecule has 0 saturated carbocycles. The topological polar surface area (TPSA) is 74.8 Å². The lowest BCUT2D eigenvalue weighted by Gasteiger charge is -2.10. The first kappa shape index (κ1) is 17.2. The van der Waals surface area contributed by atoms with Gasteiger partial charge in [-0.25, -0.2) is 4.98 Å². The third-order valence-electron chi connectivity index (χ3n) is 3.57. The predicted molar refractivity (Wildman–Crippen MR) is 102 cm³/mol. The van der Waals surface area contributed by atoms with E-state index in [1.54, 1.807) is 11.3 Å². The summed E-state index contributed by atoms with van der Waals surface area (Å²) in [5.74, 6) is 0.185. The molecule has 1 amide bonds. The van der Waals surface area contributed by atoms with Crippen molar-refractivity contribution in [2.45, 2.75) is 31.5 Å². The van der Waals surface area contributed by atoms with Crippen molar-refractivity contribution < 1.29 is 4.79 Å². The van der Waals surface area contributed by atoms with Gasteiger partial charge in [-0.2, -0.15) is 0 Å². The number of rotatable bonds is 6. The number of thiophene rings is 2. The van der Waals surface area contributed by atoms with Crippen LogP contribution in [0, 0.1) is 0 Å². The molecule has 0 aliphatic rings. The van der Waals surface area contributed by atoms with Crippen molar-refractivity contribution in [3.8, 4) is 10.4 Å². The van der Waals surface area contributed by atoms with Gasteiger partial charge in [0.1, 0.15) is 4.83 Å². The highest BCUT2D eigenvalue weighted by molar-refractivity contribution is 7.99. The van der Waals surface area contributed by atoms with E-state index in [0.29, 0.717) is 15.4 Å². The van der Waals surface area contributed by atoms with Crippen LogP contribution in [0.2, 0.25) is 0 Å². The number of fused-ring (bicyclic) bond motifs is 1. The molecule has 0 aliphatic heterocycles. The summed E-state index contributed by atoms with van der Waals surface area (Å²) in [5.41, 5.74) is 0.763. The molecule has 0 saturated heterocycles. The average molecular weight is 380 g/mol. The lowest BCUT2D eigenvalue weighted by atomic mass is 10.2. The maximum atomic E-state index is 12.4. The van der Waals surface area contributed by atoms with E-state index in [4.69, 9.17) is 0 Å². The summed E-state index contributed by atoms with van der Waals surface area (Å²) in [4.78, 5) is 33.3. The van der Waals surface area contributed by atoms with Gasteiger partial charge in [0, 0.05) is 21.9 Å². The van der Waals surface area contributed by atoms with E-state index in [2.05, 4.69) is 15.3 Å². The van der Waals surface area contributed by atoms with E-state index in [9.17, 15) is 9.59 Å². The molecular weight excluding hydrogens is 362 g/mol. The average Bonchev–Trinajstić information content (AvgIpc) is 3.21. The molecular formula is C16H17N3O2S3. The summed E-state index contributed by atoms with van der Waals surface area (Å²) in [7, 11) is 0. The summed E-state index contributed by atoms with van der Waals surface area (Å²) in [6.07, 6.45) is 0.887. The molecule has 0 radical (unpaired) electrons. The van der Waals surface area contributed by atoms with Crippen LogP contribution in [0.25, 0.3) is 20.7 Å². The maximum absolute atomic E-state index is 12.4. The number of aromatic amines is 1. The van der Waals surface area contributed by atoms with Crippen LogP contribution in [0.1, 0.15) is 20.3 Å². The van der Waals surface area contributed by atoms with E-state index in [1.807, 2.05) is 36.7 Å². The number of nitrogens with zero attached hydrogens (tertiary/aromatic N) is 1. The molecule has 3 heterocycles. The van der Waals surface area contributed by atoms with Gasteiger partial charge in [0.05, 0.1) is 11.1 Å². The van der Waals surface area contributed by atoms with Crippen LogP contribution in [0.5, 0.6) is 0 Å². The molecule has 5 nitrogen and oxygen atoms in total. The Morgan fingerprint density at radius 3 is 3.00 bits per heavy atom. The molecule has 24 heavy (non-hydrogen) atoms. The number of carbonyl (C=O) groups excluding carboxylic acids is 1. The quantitative estimate of drug-likeness (QED) is 0.506. The minimum atomic E-state index is -0.158. The summed E-state index contributed by atoms with van der Waals surface area (Å²) in [5, 5.41) is 7.95. The van der Waals surface area contributed by atoms with Crippen LogP contribution in [0.15, 0.2) is 32.8 Å².